The third kappa shape index (κ3) is 2.30. The van der Waals surface area contributed by atoms with Crippen LogP contribution >= 0.6 is 0 Å². The van der Waals surface area contributed by atoms with Crippen molar-refractivity contribution in [1.82, 2.24) is 0 Å². The van der Waals surface area contributed by atoms with E-state index in [1.54, 1.807) is 6.07 Å². The van der Waals surface area contributed by atoms with Crippen LogP contribution in [0.4, 0.5) is 8.78 Å². The lowest BCUT2D eigenvalue weighted by atomic mass is 10.3. The molecule has 0 unspecified atom stereocenters. The number of benzene rings is 1. The van der Waals surface area contributed by atoms with Crippen LogP contribution in [-0.2, 0) is 4.79 Å². The van der Waals surface area contributed by atoms with Crippen LogP contribution in [0.25, 0.3) is 0 Å². The minimum atomic E-state index is -0.897. The molecule has 0 amide bonds. The van der Waals surface area contributed by atoms with Gasteiger partial charge in [0.1, 0.15) is 17.4 Å². The van der Waals surface area contributed by atoms with Crippen molar-refractivity contribution < 1.29 is 18.3 Å². The van der Waals surface area contributed by atoms with Crippen LogP contribution in [0.2, 0.25) is 0 Å². The molecule has 63 valence electrons. The number of carbonyl (C=O) groups excluding carboxylic acids is 1. The lowest BCUT2D eigenvalue weighted by molar-refractivity contribution is -0.131. The Bertz CT molecular complexity index is 290. The van der Waals surface area contributed by atoms with Gasteiger partial charge in [-0.15, -0.1) is 0 Å². The van der Waals surface area contributed by atoms with E-state index in [2.05, 4.69) is 4.74 Å². The minimum Gasteiger partial charge on any atom is -0.427 e. The van der Waals surface area contributed by atoms with Gasteiger partial charge < -0.3 is 4.74 Å². The fourth-order valence-electron chi connectivity index (χ4n) is 0.703. The molecule has 2 nitrogen and oxygen atoms in total. The third-order valence-corrected chi connectivity index (χ3v) is 1.04. The van der Waals surface area contributed by atoms with Crippen LogP contribution < -0.4 is 4.74 Å². The average molecular weight is 171 g/mol. The number of hydrogen-bond acceptors (Lipinski definition) is 2. The lowest BCUT2D eigenvalue weighted by Gasteiger charge is -1.99. The molecule has 0 aromatic heterocycles. The number of hydrogen-bond donors (Lipinski definition) is 0. The number of esters is 1. The topological polar surface area (TPSA) is 26.3 Å². The monoisotopic (exact) mass is 171 g/mol. The predicted octanol–water partition coefficient (Wildman–Crippen LogP) is 1.69. The Balaban J connectivity index is 2.93. The normalized spacial score (nSPS) is 9.58. The zero-order valence-electron chi connectivity index (χ0n) is 6.23. The van der Waals surface area contributed by atoms with Crippen molar-refractivity contribution in [2.24, 2.45) is 0 Å². The Labute approximate surface area is 67.8 Å². The van der Waals surface area contributed by atoms with E-state index in [-0.39, 0.29) is 5.75 Å². The first-order chi connectivity index (χ1) is 5.58. The van der Waals surface area contributed by atoms with Gasteiger partial charge in [-0.25, -0.2) is 8.78 Å². The highest BCUT2D eigenvalue weighted by atomic mass is 19.1. The number of halogens is 2. The summed E-state index contributed by atoms with van der Waals surface area (Å²) in [6.07, 6.45) is 0. The van der Waals surface area contributed by atoms with Crippen LogP contribution in [0.3, 0.4) is 0 Å². The number of carbonyl (C=O) groups is 1. The standard InChI is InChI=1S/C8H5F2O2/c1-5(11)12-8-3-6(9)2-7(10)4-8/h3-4H,1H3. The molecular formula is C8H5F2O2. The molecule has 0 aliphatic carbocycles. The van der Waals surface area contributed by atoms with Gasteiger partial charge in [-0.3, -0.25) is 4.79 Å². The van der Waals surface area contributed by atoms with Gasteiger partial charge >= 0.3 is 5.97 Å². The molecule has 0 aliphatic rings. The molecule has 0 spiro atoms. The summed E-state index contributed by atoms with van der Waals surface area (Å²) in [5.74, 6) is -2.58. The van der Waals surface area contributed by atoms with Gasteiger partial charge in [-0.2, -0.15) is 0 Å². The Hall–Kier alpha value is -1.45. The van der Waals surface area contributed by atoms with Gasteiger partial charge in [0.15, 0.2) is 0 Å². The van der Waals surface area contributed by atoms with E-state index in [4.69, 9.17) is 0 Å². The summed E-state index contributed by atoms with van der Waals surface area (Å²) >= 11 is 0. The summed E-state index contributed by atoms with van der Waals surface area (Å²) in [6, 6.07) is 3.52. The molecule has 4 heteroatoms. The Morgan fingerprint density at radius 1 is 1.42 bits per heavy atom. The molecule has 0 saturated carbocycles. The Morgan fingerprint density at radius 3 is 2.33 bits per heavy atom. The van der Waals surface area contributed by atoms with Crippen LogP contribution in [0.1, 0.15) is 6.92 Å². The highest BCUT2D eigenvalue weighted by molar-refractivity contribution is 5.69. The smallest absolute Gasteiger partial charge is 0.308 e. The van der Waals surface area contributed by atoms with Gasteiger partial charge in [0.05, 0.1) is 6.07 Å². The minimum absolute atomic E-state index is 0.156. The second-order valence-electron chi connectivity index (χ2n) is 2.11. The summed E-state index contributed by atoms with van der Waals surface area (Å²) in [4.78, 5) is 10.4. The number of rotatable bonds is 1. The molecule has 0 N–H and O–H groups in total. The fourth-order valence-corrected chi connectivity index (χ4v) is 0.703. The summed E-state index contributed by atoms with van der Waals surface area (Å²) in [5, 5.41) is 0. The van der Waals surface area contributed by atoms with Crippen molar-refractivity contribution in [3.63, 3.8) is 0 Å². The second-order valence-corrected chi connectivity index (χ2v) is 2.11. The van der Waals surface area contributed by atoms with E-state index in [0.717, 1.165) is 19.1 Å². The van der Waals surface area contributed by atoms with E-state index in [1.807, 2.05) is 0 Å². The summed E-state index contributed by atoms with van der Waals surface area (Å²) in [6.45, 7) is 1.15. The van der Waals surface area contributed by atoms with Gasteiger partial charge in [-0.05, 0) is 0 Å². The summed E-state index contributed by atoms with van der Waals surface area (Å²) in [7, 11) is 0. The van der Waals surface area contributed by atoms with Crippen LogP contribution in [0, 0.1) is 17.7 Å². The number of ether oxygens (including phenoxy) is 1. The molecule has 0 atom stereocenters. The first-order valence-corrected chi connectivity index (χ1v) is 3.15. The van der Waals surface area contributed by atoms with E-state index < -0.39 is 17.6 Å². The quantitative estimate of drug-likeness (QED) is 0.474. The fraction of sp³-hybridized carbons (Fsp3) is 0.125. The lowest BCUT2D eigenvalue weighted by Crippen LogP contribution is -2.01. The molecule has 0 bridgehead atoms. The molecule has 0 fully saturated rings. The summed E-state index contributed by atoms with van der Waals surface area (Å²) < 4.78 is 29.2. The van der Waals surface area contributed by atoms with Crippen molar-refractivity contribution >= 4 is 5.97 Å². The van der Waals surface area contributed by atoms with E-state index in [9.17, 15) is 13.6 Å². The van der Waals surface area contributed by atoms with E-state index in [0.29, 0.717) is 0 Å². The van der Waals surface area contributed by atoms with Gasteiger partial charge in [0.2, 0.25) is 0 Å². The molecule has 0 heterocycles. The summed E-state index contributed by atoms with van der Waals surface area (Å²) in [5.41, 5.74) is 0. The Kier molecular flexibility index (Phi) is 2.38. The second kappa shape index (κ2) is 3.30. The van der Waals surface area contributed by atoms with Crippen molar-refractivity contribution in [1.29, 1.82) is 0 Å². The molecule has 1 aromatic rings. The maximum absolute atomic E-state index is 12.4. The molecule has 1 radical (unpaired) electrons. The van der Waals surface area contributed by atoms with Gasteiger partial charge in [-0.1, -0.05) is 0 Å². The third-order valence-electron chi connectivity index (χ3n) is 1.04. The zero-order valence-corrected chi connectivity index (χ0v) is 6.23. The first kappa shape index (κ1) is 8.64. The average Bonchev–Trinajstić information content (AvgIpc) is 1.81. The Morgan fingerprint density at radius 2 is 1.92 bits per heavy atom. The molecule has 12 heavy (non-hydrogen) atoms. The molecule has 0 aliphatic heterocycles. The van der Waals surface area contributed by atoms with Crippen LogP contribution in [0.15, 0.2) is 12.1 Å². The maximum atomic E-state index is 12.4. The van der Waals surface area contributed by atoms with Crippen molar-refractivity contribution in [3.05, 3.63) is 29.8 Å². The van der Waals surface area contributed by atoms with Crippen molar-refractivity contribution in [2.45, 2.75) is 6.92 Å². The van der Waals surface area contributed by atoms with E-state index >= 15 is 0 Å². The molecule has 1 rings (SSSR count). The molecule has 0 saturated heterocycles. The van der Waals surface area contributed by atoms with Gasteiger partial charge in [0, 0.05) is 19.1 Å². The van der Waals surface area contributed by atoms with Crippen LogP contribution in [-0.4, -0.2) is 5.97 Å². The highest BCUT2D eigenvalue weighted by Crippen LogP contribution is 2.14. The van der Waals surface area contributed by atoms with Crippen molar-refractivity contribution in [3.8, 4) is 5.75 Å². The highest BCUT2D eigenvalue weighted by Gasteiger charge is 2.03. The molecule has 1 aromatic carbocycles. The first-order valence-electron chi connectivity index (χ1n) is 3.15. The molecular weight excluding hydrogens is 166 g/mol. The predicted molar refractivity (Wildman–Crippen MR) is 36.5 cm³/mol. The van der Waals surface area contributed by atoms with Crippen LogP contribution in [0.5, 0.6) is 5.75 Å². The van der Waals surface area contributed by atoms with E-state index in [1.165, 1.54) is 0 Å². The maximum Gasteiger partial charge on any atom is 0.308 e. The van der Waals surface area contributed by atoms with Crippen molar-refractivity contribution in [2.75, 3.05) is 0 Å². The SMILES string of the molecule is CC(=O)Oc1cc(F)[c]c(F)c1. The largest absolute Gasteiger partial charge is 0.427 e. The van der Waals surface area contributed by atoms with Gasteiger partial charge in [0.25, 0.3) is 0 Å². The zero-order chi connectivity index (χ0) is 9.14.